The van der Waals surface area contributed by atoms with E-state index in [0.717, 1.165) is 0 Å². The van der Waals surface area contributed by atoms with Crippen LogP contribution < -0.4 is 15.4 Å². The van der Waals surface area contributed by atoms with Gasteiger partial charge in [0.2, 0.25) is 5.88 Å². The van der Waals surface area contributed by atoms with Crippen molar-refractivity contribution in [3.8, 4) is 17.4 Å². The Balaban J connectivity index is 1.34. The SMILES string of the molecule is Cn1c(CNc2cccc(C(=O)NCc3ccnc(OCC(F)(F)F)c3)c2)nnc1-c1ccncn1. The minimum Gasteiger partial charge on any atom is -0.468 e. The fourth-order valence-corrected chi connectivity index (χ4v) is 3.19. The quantitative estimate of drug-likeness (QED) is 0.361. The molecule has 36 heavy (non-hydrogen) atoms. The molecule has 0 radical (unpaired) electrons. The lowest BCUT2D eigenvalue weighted by Crippen LogP contribution is -2.23. The molecule has 4 aromatic rings. The van der Waals surface area contributed by atoms with Crippen LogP contribution >= 0.6 is 0 Å². The lowest BCUT2D eigenvalue weighted by atomic mass is 10.1. The average Bonchev–Trinajstić information content (AvgIpc) is 3.25. The van der Waals surface area contributed by atoms with Crippen LogP contribution in [0.15, 0.2) is 61.2 Å². The Morgan fingerprint density at radius 3 is 2.69 bits per heavy atom. The molecule has 0 fully saturated rings. The smallest absolute Gasteiger partial charge is 0.422 e. The first-order valence-corrected chi connectivity index (χ1v) is 10.7. The van der Waals surface area contributed by atoms with E-state index in [1.807, 2.05) is 17.7 Å². The van der Waals surface area contributed by atoms with Crippen molar-refractivity contribution in [3.05, 3.63) is 78.1 Å². The number of ether oxygens (including phenoxy) is 1. The molecule has 3 aromatic heterocycles. The Hall–Kier alpha value is -4.55. The normalized spacial score (nSPS) is 11.2. The molecule has 1 amide bonds. The van der Waals surface area contributed by atoms with Crippen LogP contribution in [0.1, 0.15) is 21.7 Å². The Labute approximate surface area is 203 Å². The first-order valence-electron chi connectivity index (χ1n) is 10.7. The molecule has 0 aliphatic rings. The number of carbonyl (C=O) groups is 1. The zero-order valence-corrected chi connectivity index (χ0v) is 19.0. The van der Waals surface area contributed by atoms with Crippen molar-refractivity contribution < 1.29 is 22.7 Å². The van der Waals surface area contributed by atoms with Crippen molar-refractivity contribution in [2.45, 2.75) is 19.3 Å². The number of pyridine rings is 1. The third-order valence-corrected chi connectivity index (χ3v) is 4.99. The lowest BCUT2D eigenvalue weighted by Gasteiger charge is -2.11. The van der Waals surface area contributed by atoms with Crippen LogP contribution in [-0.4, -0.2) is 48.4 Å². The molecule has 4 rings (SSSR count). The van der Waals surface area contributed by atoms with E-state index in [-0.39, 0.29) is 18.3 Å². The third-order valence-electron chi connectivity index (χ3n) is 4.99. The number of hydrogen-bond acceptors (Lipinski definition) is 8. The van der Waals surface area contributed by atoms with Gasteiger partial charge in [-0.25, -0.2) is 15.0 Å². The first-order chi connectivity index (χ1) is 17.3. The molecule has 0 atom stereocenters. The minimum absolute atomic E-state index is 0.0894. The Morgan fingerprint density at radius 2 is 1.92 bits per heavy atom. The number of amides is 1. The topological polar surface area (TPSA) is 120 Å². The van der Waals surface area contributed by atoms with E-state index in [0.29, 0.717) is 40.7 Å². The van der Waals surface area contributed by atoms with E-state index in [9.17, 15) is 18.0 Å². The van der Waals surface area contributed by atoms with Gasteiger partial charge in [0, 0.05) is 43.3 Å². The number of anilines is 1. The zero-order chi connectivity index (χ0) is 25.5. The summed E-state index contributed by atoms with van der Waals surface area (Å²) in [7, 11) is 1.83. The van der Waals surface area contributed by atoms with Crippen molar-refractivity contribution in [2.24, 2.45) is 7.05 Å². The number of hydrogen-bond donors (Lipinski definition) is 2. The predicted octanol–water partition coefficient (Wildman–Crippen LogP) is 3.15. The maximum Gasteiger partial charge on any atom is 0.422 e. The summed E-state index contributed by atoms with van der Waals surface area (Å²) in [4.78, 5) is 24.5. The minimum atomic E-state index is -4.46. The molecule has 0 aliphatic heterocycles. The van der Waals surface area contributed by atoms with E-state index in [1.54, 1.807) is 36.5 Å². The summed E-state index contributed by atoms with van der Waals surface area (Å²) in [5.41, 5.74) is 2.30. The maximum atomic E-state index is 12.6. The van der Waals surface area contributed by atoms with Gasteiger partial charge in [-0.3, -0.25) is 4.79 Å². The molecule has 2 N–H and O–H groups in total. The van der Waals surface area contributed by atoms with E-state index < -0.39 is 12.8 Å². The van der Waals surface area contributed by atoms with Gasteiger partial charge in [0.1, 0.15) is 12.0 Å². The van der Waals surface area contributed by atoms with E-state index >= 15 is 0 Å². The molecular formula is C23H21F3N8O2. The molecule has 0 spiro atoms. The van der Waals surface area contributed by atoms with Gasteiger partial charge in [0.25, 0.3) is 5.91 Å². The van der Waals surface area contributed by atoms with Crippen LogP contribution in [0, 0.1) is 0 Å². The van der Waals surface area contributed by atoms with Gasteiger partial charge in [0.05, 0.1) is 6.54 Å². The van der Waals surface area contributed by atoms with Gasteiger partial charge < -0.3 is 19.9 Å². The summed E-state index contributed by atoms with van der Waals surface area (Å²) in [6, 6.07) is 11.5. The van der Waals surface area contributed by atoms with Gasteiger partial charge in [-0.05, 0) is 35.9 Å². The number of rotatable bonds is 9. The van der Waals surface area contributed by atoms with Crippen LogP contribution in [0.5, 0.6) is 5.88 Å². The highest BCUT2D eigenvalue weighted by Crippen LogP contribution is 2.18. The Bertz CT molecular complexity index is 1330. The molecule has 0 saturated heterocycles. The van der Waals surface area contributed by atoms with Crippen molar-refractivity contribution in [3.63, 3.8) is 0 Å². The highest BCUT2D eigenvalue weighted by Gasteiger charge is 2.28. The highest BCUT2D eigenvalue weighted by atomic mass is 19.4. The highest BCUT2D eigenvalue weighted by molar-refractivity contribution is 5.95. The number of aromatic nitrogens is 6. The molecule has 0 saturated carbocycles. The van der Waals surface area contributed by atoms with Crippen molar-refractivity contribution in [2.75, 3.05) is 11.9 Å². The van der Waals surface area contributed by atoms with E-state index in [4.69, 9.17) is 0 Å². The van der Waals surface area contributed by atoms with Crippen LogP contribution in [-0.2, 0) is 20.1 Å². The summed E-state index contributed by atoms with van der Waals surface area (Å²) in [5, 5.41) is 14.3. The Kier molecular flexibility index (Phi) is 7.37. The van der Waals surface area contributed by atoms with Crippen LogP contribution in [0.25, 0.3) is 11.5 Å². The summed E-state index contributed by atoms with van der Waals surface area (Å²) in [5.74, 6) is 0.750. The summed E-state index contributed by atoms with van der Waals surface area (Å²) >= 11 is 0. The molecule has 0 aliphatic carbocycles. The maximum absolute atomic E-state index is 12.6. The van der Waals surface area contributed by atoms with E-state index in [2.05, 4.69) is 40.5 Å². The first kappa shape index (κ1) is 24.6. The second-order valence-electron chi connectivity index (χ2n) is 7.62. The second-order valence-corrected chi connectivity index (χ2v) is 7.62. The number of carbonyl (C=O) groups excluding carboxylic acids is 1. The van der Waals surface area contributed by atoms with Gasteiger partial charge >= 0.3 is 6.18 Å². The van der Waals surface area contributed by atoms with Crippen molar-refractivity contribution in [1.29, 1.82) is 0 Å². The predicted molar refractivity (Wildman–Crippen MR) is 123 cm³/mol. The van der Waals surface area contributed by atoms with Crippen molar-refractivity contribution >= 4 is 11.6 Å². The molecule has 10 nitrogen and oxygen atoms in total. The second kappa shape index (κ2) is 10.8. The fraction of sp³-hybridized carbons (Fsp3) is 0.217. The van der Waals surface area contributed by atoms with Crippen LogP contribution in [0.4, 0.5) is 18.9 Å². The average molecular weight is 498 g/mol. The number of nitrogens with one attached hydrogen (secondary N) is 2. The van der Waals surface area contributed by atoms with Crippen LogP contribution in [0.2, 0.25) is 0 Å². The molecule has 0 bridgehead atoms. The standard InChI is InChI=1S/C23H21F3N8O2/c1-34-19(32-33-21(34)18-6-7-27-14-31-18)12-29-17-4-2-3-16(10-17)22(35)30-11-15-5-8-28-20(9-15)36-13-23(24,25)26/h2-10,14,29H,11-13H2,1H3,(H,30,35). The van der Waals surface area contributed by atoms with E-state index in [1.165, 1.54) is 18.6 Å². The van der Waals surface area contributed by atoms with Gasteiger partial charge in [-0.2, -0.15) is 13.2 Å². The van der Waals surface area contributed by atoms with Gasteiger partial charge in [-0.15, -0.1) is 10.2 Å². The Morgan fingerprint density at radius 1 is 1.06 bits per heavy atom. The molecule has 1 aromatic carbocycles. The molecule has 0 unspecified atom stereocenters. The monoisotopic (exact) mass is 498 g/mol. The lowest BCUT2D eigenvalue weighted by molar-refractivity contribution is -0.154. The number of halogens is 3. The molecule has 13 heteroatoms. The molecular weight excluding hydrogens is 477 g/mol. The van der Waals surface area contributed by atoms with Gasteiger partial charge in [0.15, 0.2) is 18.3 Å². The molecule has 186 valence electrons. The summed E-state index contributed by atoms with van der Waals surface area (Å²) in [6.07, 6.45) is -0.0775. The summed E-state index contributed by atoms with van der Waals surface area (Å²) in [6.45, 7) is -0.991. The third kappa shape index (κ3) is 6.52. The largest absolute Gasteiger partial charge is 0.468 e. The molecule has 3 heterocycles. The fourth-order valence-electron chi connectivity index (χ4n) is 3.19. The van der Waals surface area contributed by atoms with Gasteiger partial charge in [-0.1, -0.05) is 6.07 Å². The van der Waals surface area contributed by atoms with Crippen LogP contribution in [0.3, 0.4) is 0 Å². The van der Waals surface area contributed by atoms with Crippen molar-refractivity contribution in [1.82, 2.24) is 35.0 Å². The number of benzene rings is 1. The zero-order valence-electron chi connectivity index (χ0n) is 19.0. The summed E-state index contributed by atoms with van der Waals surface area (Å²) < 4.78 is 43.4. The number of alkyl halides is 3. The number of nitrogens with zero attached hydrogens (tertiary/aromatic N) is 6.